The zero-order valence-corrected chi connectivity index (χ0v) is 64.3. The van der Waals surface area contributed by atoms with Crippen molar-refractivity contribution in [3.05, 3.63) is 105 Å². The summed E-state index contributed by atoms with van der Waals surface area (Å²) in [6.45, 7) is 26.1. The number of carbonyl (C=O) groups is 1. The monoisotopic (exact) mass is 1440 g/mol. The topological polar surface area (TPSA) is 250 Å². The molecule has 6 aliphatic heterocycles. The number of carbonyl (C=O) groups excluding carboxylic acids is 1. The van der Waals surface area contributed by atoms with Crippen molar-refractivity contribution in [2.45, 2.75) is 244 Å². The smallest absolute Gasteiger partial charge is 0.184 e. The summed E-state index contributed by atoms with van der Waals surface area (Å²) in [5, 5.41) is 40.1. The van der Waals surface area contributed by atoms with Crippen molar-refractivity contribution in [1.82, 2.24) is 84.3 Å². The third-order valence-corrected chi connectivity index (χ3v) is 28.0. The molecule has 9 aromatic heterocycles. The van der Waals surface area contributed by atoms with E-state index in [1.165, 1.54) is 183 Å². The molecule has 15 heterocycles. The zero-order chi connectivity index (χ0) is 72.7. The van der Waals surface area contributed by atoms with Crippen molar-refractivity contribution in [3.8, 4) is 0 Å². The number of aryl methyl sites for hydroxylation is 9. The number of nitrogens with zero attached hydrogens (tertiary/aromatic N) is 18. The van der Waals surface area contributed by atoms with Gasteiger partial charge in [-0.2, -0.15) is 30.6 Å². The number of fused-ring (bicyclic) bond motifs is 15. The largest absolute Gasteiger partial charge is 0.378 e. The molecule has 6 bridgehead atoms. The van der Waals surface area contributed by atoms with Gasteiger partial charge in [0.05, 0.1) is 107 Å². The summed E-state index contributed by atoms with van der Waals surface area (Å²) in [4.78, 5) is 31.4. The summed E-state index contributed by atoms with van der Waals surface area (Å²) < 4.78 is 28.1. The Morgan fingerprint density at radius 3 is 0.991 bits per heavy atom. The Morgan fingerprint density at radius 2 is 0.726 bits per heavy atom. The Bertz CT molecular complexity index is 4570. The maximum atomic E-state index is 9.77. The maximum absolute atomic E-state index is 9.77. The van der Waals surface area contributed by atoms with E-state index in [1.807, 2.05) is 53.8 Å². The first-order chi connectivity index (χ1) is 51.1. The first-order valence-electron chi connectivity index (χ1n) is 40.0. The maximum Gasteiger partial charge on any atom is 0.184 e. The van der Waals surface area contributed by atoms with Crippen LogP contribution in [0.15, 0.2) is 36.8 Å². The number of ketones is 1. The molecule has 9 aliphatic carbocycles. The van der Waals surface area contributed by atoms with E-state index in [4.69, 9.17) is 45.5 Å². The number of Topliss-reactive ketones (excluding diaryl/α,β-unsaturated/α-hetero) is 1. The van der Waals surface area contributed by atoms with Crippen LogP contribution in [0.1, 0.15) is 184 Å². The zero-order valence-electron chi connectivity index (χ0n) is 64.3. The van der Waals surface area contributed by atoms with Crippen molar-refractivity contribution < 1.29 is 19.0 Å². The molecule has 0 radical (unpaired) electrons. The number of pyridine rings is 3. The number of ether oxygens (including phenoxy) is 3. The summed E-state index contributed by atoms with van der Waals surface area (Å²) in [5.41, 5.74) is 30.6. The van der Waals surface area contributed by atoms with Crippen LogP contribution in [0.5, 0.6) is 0 Å². The van der Waals surface area contributed by atoms with E-state index in [0.29, 0.717) is 52.6 Å². The Hall–Kier alpha value is -7.68. The molecule has 15 aliphatic rings. The van der Waals surface area contributed by atoms with Crippen LogP contribution in [-0.2, 0) is 98.7 Å². The standard InChI is InChI=1S/2C27H37N7O.C24H33N7.C3H4O2/c2*1-18-12-24(21-13-28-32(3)25(21)29-18)33-11-4-23-22(14-33)19(2)31-34(23)17-26-5-8-27(9-6-26,10-7-26)30-20-15-35-16-20;1-16-12-21(18-13-26-29(3)22(18)27-16)30-11-4-20-19(14-30)17(2)28-31(20)15-23-5-8-24(25,9-6-23)10-7-23;4-3-1-5-2-3/h2*12-13,20,30H,4-11,14-17H2,1-3H3;12-13H,4-11,14-15,25H2,1-3H3;1-2H2. The van der Waals surface area contributed by atoms with Crippen LogP contribution in [0.3, 0.4) is 0 Å². The van der Waals surface area contributed by atoms with Crippen molar-refractivity contribution in [3.63, 3.8) is 0 Å². The van der Waals surface area contributed by atoms with Gasteiger partial charge < -0.3 is 45.3 Å². The quantitative estimate of drug-likeness (QED) is 0.0971. The van der Waals surface area contributed by atoms with Crippen molar-refractivity contribution in [1.29, 1.82) is 0 Å². The average molecular weight is 1440 g/mol. The number of aromatic nitrogens is 15. The second-order valence-corrected chi connectivity index (χ2v) is 35.1. The molecule has 0 spiro atoms. The fourth-order valence-electron chi connectivity index (χ4n) is 21.0. The molecule has 24 rings (SSSR count). The molecule has 9 saturated carbocycles. The first kappa shape index (κ1) is 70.0. The molecule has 25 heteroatoms. The third kappa shape index (κ3) is 12.9. The number of nitrogens with two attached hydrogens (primary N) is 1. The summed E-state index contributed by atoms with van der Waals surface area (Å²) >= 11 is 0. The minimum Gasteiger partial charge on any atom is -0.378 e. The lowest BCUT2D eigenvalue weighted by Gasteiger charge is -2.55. The molecule has 0 aromatic carbocycles. The van der Waals surface area contributed by atoms with Crippen molar-refractivity contribution in [2.75, 3.05) is 74.0 Å². The molecular formula is C81H111N21O4. The molecule has 9 aromatic rings. The van der Waals surface area contributed by atoms with E-state index >= 15 is 0 Å². The fraction of sp³-hybridized carbons (Fsp3) is 0.654. The van der Waals surface area contributed by atoms with Gasteiger partial charge in [-0.05, 0) is 192 Å². The van der Waals surface area contributed by atoms with Crippen LogP contribution >= 0.6 is 0 Å². The Morgan fingerprint density at radius 1 is 0.434 bits per heavy atom. The Balaban J connectivity index is 0.000000109. The second kappa shape index (κ2) is 26.9. The van der Waals surface area contributed by atoms with Crippen LogP contribution in [0.4, 0.5) is 17.1 Å². The summed E-state index contributed by atoms with van der Waals surface area (Å²) in [6.07, 6.45) is 32.1. The molecule has 0 atom stereocenters. The summed E-state index contributed by atoms with van der Waals surface area (Å²) in [5.74, 6) is 0.213. The van der Waals surface area contributed by atoms with Crippen LogP contribution in [0.2, 0.25) is 0 Å². The molecular weight excluding hydrogens is 1330 g/mol. The SMILES string of the molecule is Cc1cc(N2CCc3c(c(C)nn3CC34CCC(N)(CC3)CC4)C2)c2cnn(C)c2n1.Cc1cc(N2CCc3c(c(C)nn3CC34CCC(NC5COC5)(CC3)CC4)C2)c2cnn(C)c2n1.Cc1cc(N2CCc3c(c(C)nn3CC34CCC(NC5COC5)(CC3)CC4)C2)c2cnn(C)c2n1.O=C1COC1. The average Bonchev–Trinajstić information content (AvgIpc) is 1.73. The molecule has 25 nitrogen and oxygen atoms in total. The van der Waals surface area contributed by atoms with Crippen molar-refractivity contribution in [2.24, 2.45) is 43.1 Å². The second-order valence-electron chi connectivity index (χ2n) is 35.1. The van der Waals surface area contributed by atoms with Gasteiger partial charge >= 0.3 is 0 Å². The van der Waals surface area contributed by atoms with Crippen LogP contribution < -0.4 is 31.1 Å². The number of rotatable bonds is 13. The molecule has 4 N–H and O–H groups in total. The molecule has 12 fully saturated rings. The summed E-state index contributed by atoms with van der Waals surface area (Å²) in [7, 11) is 5.91. The Kier molecular flexibility index (Phi) is 17.7. The molecule has 3 saturated heterocycles. The van der Waals surface area contributed by atoms with Crippen LogP contribution in [0.25, 0.3) is 33.1 Å². The third-order valence-electron chi connectivity index (χ3n) is 28.0. The van der Waals surface area contributed by atoms with Crippen molar-refractivity contribution >= 4 is 55.9 Å². The number of anilines is 3. The highest BCUT2D eigenvalue weighted by Gasteiger charge is 2.53. The van der Waals surface area contributed by atoms with Gasteiger partial charge in [-0.1, -0.05) is 0 Å². The van der Waals surface area contributed by atoms with E-state index in [9.17, 15) is 4.79 Å². The lowest BCUT2D eigenvalue weighted by atomic mass is 9.57. The van der Waals surface area contributed by atoms with E-state index in [0.717, 1.165) is 155 Å². The van der Waals surface area contributed by atoms with Gasteiger partial charge in [0, 0.05) is 167 Å². The molecule has 0 unspecified atom stereocenters. The summed E-state index contributed by atoms with van der Waals surface area (Å²) in [6, 6.07) is 7.81. The lowest BCUT2D eigenvalue weighted by molar-refractivity contribution is -0.140. The van der Waals surface area contributed by atoms with Gasteiger partial charge in [-0.3, -0.25) is 32.9 Å². The van der Waals surface area contributed by atoms with E-state index in [1.54, 1.807) is 0 Å². The lowest BCUT2D eigenvalue weighted by Crippen LogP contribution is -2.62. The number of hydrogen-bond acceptors (Lipinski definition) is 19. The fourth-order valence-corrected chi connectivity index (χ4v) is 21.0. The van der Waals surface area contributed by atoms with Gasteiger partial charge in [-0.25, -0.2) is 15.0 Å². The van der Waals surface area contributed by atoms with Gasteiger partial charge in [0.25, 0.3) is 0 Å². The minimum atomic E-state index is 0.127. The highest BCUT2D eigenvalue weighted by molar-refractivity contribution is 5.92. The highest BCUT2D eigenvalue weighted by Crippen LogP contribution is 2.56. The van der Waals surface area contributed by atoms with E-state index < -0.39 is 0 Å². The van der Waals surface area contributed by atoms with Gasteiger partial charge in [0.15, 0.2) is 22.7 Å². The molecule has 564 valence electrons. The number of hydrogen-bond donors (Lipinski definition) is 3. The number of nitrogens with one attached hydrogen (secondary N) is 2. The van der Waals surface area contributed by atoms with Gasteiger partial charge in [-0.15, -0.1) is 0 Å². The molecule has 106 heavy (non-hydrogen) atoms. The van der Waals surface area contributed by atoms with Crippen LogP contribution in [0, 0.1) is 57.8 Å². The van der Waals surface area contributed by atoms with E-state index in [2.05, 4.69) is 119 Å². The van der Waals surface area contributed by atoms with Gasteiger partial charge in [0.1, 0.15) is 13.2 Å². The predicted molar refractivity (Wildman–Crippen MR) is 409 cm³/mol. The van der Waals surface area contributed by atoms with Gasteiger partial charge in [0.2, 0.25) is 0 Å². The highest BCUT2D eigenvalue weighted by atomic mass is 16.5. The van der Waals surface area contributed by atoms with Crippen LogP contribution in [-0.4, -0.2) is 167 Å². The van der Waals surface area contributed by atoms with E-state index in [-0.39, 0.29) is 11.3 Å². The molecule has 0 amide bonds. The normalized spacial score (nSPS) is 28.0. The minimum absolute atomic E-state index is 0.127. The Labute approximate surface area is 622 Å². The predicted octanol–water partition coefficient (Wildman–Crippen LogP) is 9.83. The first-order valence-corrected chi connectivity index (χ1v) is 40.0.